The first-order chi connectivity index (χ1) is 16.5. The molecule has 1 fully saturated rings. The predicted octanol–water partition coefficient (Wildman–Crippen LogP) is 4.73. The summed E-state index contributed by atoms with van der Waals surface area (Å²) in [5.74, 6) is -0.378. The minimum Gasteiger partial charge on any atom is -0.444 e. The number of para-hydroxylation sites is 1. The molecule has 1 saturated carbocycles. The van der Waals surface area contributed by atoms with E-state index in [1.807, 2.05) is 68.4 Å². The molecule has 3 rings (SSSR count). The van der Waals surface area contributed by atoms with E-state index in [0.717, 1.165) is 12.0 Å². The average Bonchev–Trinajstić information content (AvgIpc) is 3.51. The van der Waals surface area contributed by atoms with Gasteiger partial charge < -0.3 is 20.3 Å². The molecule has 0 aliphatic heterocycles. The molecule has 0 spiro atoms. The van der Waals surface area contributed by atoms with Crippen molar-refractivity contribution < 1.29 is 19.1 Å². The van der Waals surface area contributed by atoms with Crippen molar-refractivity contribution in [2.24, 2.45) is 5.92 Å². The van der Waals surface area contributed by atoms with Crippen LogP contribution in [0, 0.1) is 12.8 Å². The van der Waals surface area contributed by atoms with Crippen molar-refractivity contribution in [3.8, 4) is 0 Å². The lowest BCUT2D eigenvalue weighted by Crippen LogP contribution is -2.54. The van der Waals surface area contributed by atoms with E-state index >= 15 is 0 Å². The molecule has 8 heteroatoms. The lowest BCUT2D eigenvalue weighted by atomic mass is 10.0. The number of hydrogen-bond acceptors (Lipinski definition) is 5. The molecular formula is C27H35N3O4S. The van der Waals surface area contributed by atoms with Crippen LogP contribution >= 0.6 is 12.6 Å². The van der Waals surface area contributed by atoms with Crippen LogP contribution in [-0.4, -0.2) is 46.2 Å². The molecule has 1 aliphatic carbocycles. The number of nitrogens with zero attached hydrogens (tertiary/aromatic N) is 1. The van der Waals surface area contributed by atoms with Gasteiger partial charge in [-0.1, -0.05) is 55.5 Å². The average molecular weight is 498 g/mol. The van der Waals surface area contributed by atoms with Gasteiger partial charge in [-0.2, -0.15) is 12.6 Å². The highest BCUT2D eigenvalue weighted by molar-refractivity contribution is 7.80. The van der Waals surface area contributed by atoms with Crippen LogP contribution in [0.4, 0.5) is 10.5 Å². The van der Waals surface area contributed by atoms with Gasteiger partial charge in [-0.25, -0.2) is 4.79 Å². The molecule has 3 amide bonds. The molecular weight excluding hydrogens is 462 g/mol. The summed E-state index contributed by atoms with van der Waals surface area (Å²) in [6.45, 7) is 9.22. The van der Waals surface area contributed by atoms with E-state index in [1.165, 1.54) is 0 Å². The molecule has 35 heavy (non-hydrogen) atoms. The smallest absolute Gasteiger partial charge is 0.408 e. The fraction of sp³-hybridized carbons (Fsp3) is 0.444. The van der Waals surface area contributed by atoms with E-state index in [4.69, 9.17) is 4.74 Å². The van der Waals surface area contributed by atoms with E-state index in [2.05, 4.69) is 23.3 Å². The first-order valence-electron chi connectivity index (χ1n) is 11.9. The molecule has 188 valence electrons. The number of benzene rings is 2. The molecule has 0 aromatic heterocycles. The number of amides is 3. The first-order valence-corrected chi connectivity index (χ1v) is 12.5. The zero-order valence-corrected chi connectivity index (χ0v) is 21.8. The second-order valence-corrected chi connectivity index (χ2v) is 10.4. The zero-order valence-electron chi connectivity index (χ0n) is 20.9. The monoisotopic (exact) mass is 497 g/mol. The Morgan fingerprint density at radius 2 is 1.69 bits per heavy atom. The van der Waals surface area contributed by atoms with Gasteiger partial charge in [-0.15, -0.1) is 0 Å². The van der Waals surface area contributed by atoms with E-state index in [1.54, 1.807) is 25.7 Å². The fourth-order valence-electron chi connectivity index (χ4n) is 3.98. The van der Waals surface area contributed by atoms with Crippen LogP contribution in [0.3, 0.4) is 0 Å². The van der Waals surface area contributed by atoms with Crippen LogP contribution < -0.4 is 10.6 Å². The Labute approximate surface area is 213 Å². The van der Waals surface area contributed by atoms with E-state index < -0.39 is 23.8 Å². The molecule has 0 heterocycles. The third-order valence-electron chi connectivity index (χ3n) is 5.90. The Balaban J connectivity index is 1.95. The number of thiol groups is 1. The second-order valence-electron chi connectivity index (χ2n) is 10.0. The van der Waals surface area contributed by atoms with E-state index in [-0.39, 0.29) is 29.5 Å². The molecule has 2 aromatic rings. The molecule has 0 saturated heterocycles. The van der Waals surface area contributed by atoms with E-state index in [9.17, 15) is 14.4 Å². The Hall–Kier alpha value is -3.00. The summed E-state index contributed by atoms with van der Waals surface area (Å²) >= 11 is 4.33. The number of nitrogens with one attached hydrogen (secondary N) is 2. The maximum absolute atomic E-state index is 13.9. The van der Waals surface area contributed by atoms with Crippen LogP contribution in [0.2, 0.25) is 0 Å². The minimum absolute atomic E-state index is 0.0661. The number of aryl methyl sites for hydroxylation is 1. The summed E-state index contributed by atoms with van der Waals surface area (Å²) in [5, 5.41) is 5.65. The Kier molecular flexibility index (Phi) is 8.48. The standard InChI is InChI=1S/C27H35N3O4S/c1-17-11-9-10-14-20(17)28-24(31)23(19-12-7-6-8-13-19)30(22-15-18(22)2)25(32)21(16-35)29-26(33)34-27(3,4)5/h6-14,18,21-23,35H,15-16H2,1-5H3,(H,28,31)(H,29,33). The van der Waals surface area contributed by atoms with Crippen LogP contribution in [0.15, 0.2) is 54.6 Å². The highest BCUT2D eigenvalue weighted by Gasteiger charge is 2.48. The Bertz CT molecular complexity index is 1050. The first kappa shape index (κ1) is 26.6. The van der Waals surface area contributed by atoms with Crippen LogP contribution in [-0.2, 0) is 14.3 Å². The van der Waals surface area contributed by atoms with Crippen molar-refractivity contribution in [3.63, 3.8) is 0 Å². The number of rotatable bonds is 8. The number of hydrogen-bond donors (Lipinski definition) is 3. The summed E-state index contributed by atoms with van der Waals surface area (Å²) in [7, 11) is 0. The van der Waals surface area contributed by atoms with Crippen LogP contribution in [0.1, 0.15) is 51.3 Å². The normalized spacial score (nSPS) is 18.7. The molecule has 2 aromatic carbocycles. The number of ether oxygens (including phenoxy) is 1. The molecule has 4 atom stereocenters. The van der Waals surface area contributed by atoms with Crippen molar-refractivity contribution in [3.05, 3.63) is 65.7 Å². The lowest BCUT2D eigenvalue weighted by Gasteiger charge is -2.34. The number of carbonyl (C=O) groups is 3. The Morgan fingerprint density at radius 1 is 1.09 bits per heavy atom. The molecule has 0 radical (unpaired) electrons. The van der Waals surface area contributed by atoms with Crippen molar-refractivity contribution >= 4 is 36.2 Å². The highest BCUT2D eigenvalue weighted by Crippen LogP contribution is 2.41. The maximum atomic E-state index is 13.9. The predicted molar refractivity (Wildman–Crippen MR) is 140 cm³/mol. The lowest BCUT2D eigenvalue weighted by molar-refractivity contribution is -0.141. The SMILES string of the molecule is Cc1ccccc1NC(=O)C(c1ccccc1)N(C(=O)C(CS)NC(=O)OC(C)(C)C)C1CC1C. The maximum Gasteiger partial charge on any atom is 0.408 e. The summed E-state index contributed by atoms with van der Waals surface area (Å²) in [6.07, 6.45) is 0.0765. The largest absolute Gasteiger partial charge is 0.444 e. The number of alkyl carbamates (subject to hydrolysis) is 1. The van der Waals surface area contributed by atoms with Gasteiger partial charge >= 0.3 is 6.09 Å². The summed E-state index contributed by atoms with van der Waals surface area (Å²) < 4.78 is 5.35. The van der Waals surface area contributed by atoms with Gasteiger partial charge in [-0.3, -0.25) is 9.59 Å². The molecule has 4 unspecified atom stereocenters. The van der Waals surface area contributed by atoms with Crippen molar-refractivity contribution in [1.82, 2.24) is 10.2 Å². The zero-order chi connectivity index (χ0) is 25.8. The molecule has 1 aliphatic rings. The quantitative estimate of drug-likeness (QED) is 0.460. The van der Waals surface area contributed by atoms with Gasteiger partial charge in [0, 0.05) is 17.5 Å². The van der Waals surface area contributed by atoms with Crippen molar-refractivity contribution in [2.75, 3.05) is 11.1 Å². The Morgan fingerprint density at radius 3 is 2.23 bits per heavy atom. The molecule has 2 N–H and O–H groups in total. The number of anilines is 1. The van der Waals surface area contributed by atoms with Gasteiger partial charge in [0.15, 0.2) is 0 Å². The molecule has 7 nitrogen and oxygen atoms in total. The van der Waals surface area contributed by atoms with Crippen molar-refractivity contribution in [1.29, 1.82) is 0 Å². The van der Waals surface area contributed by atoms with Crippen molar-refractivity contribution in [2.45, 2.75) is 64.8 Å². The summed E-state index contributed by atoms with van der Waals surface area (Å²) in [4.78, 5) is 41.7. The summed E-state index contributed by atoms with van der Waals surface area (Å²) in [6, 6.07) is 14.8. The third-order valence-corrected chi connectivity index (χ3v) is 6.26. The highest BCUT2D eigenvalue weighted by atomic mass is 32.1. The third kappa shape index (κ3) is 7.01. The molecule has 0 bridgehead atoms. The fourth-order valence-corrected chi connectivity index (χ4v) is 4.22. The second kappa shape index (κ2) is 11.2. The summed E-state index contributed by atoms with van der Waals surface area (Å²) in [5.41, 5.74) is 1.59. The van der Waals surface area contributed by atoms with Gasteiger partial charge in [0.2, 0.25) is 5.91 Å². The number of carbonyl (C=O) groups excluding carboxylic acids is 3. The van der Waals surface area contributed by atoms with E-state index in [0.29, 0.717) is 11.3 Å². The van der Waals surface area contributed by atoms with Gasteiger partial charge in [-0.05, 0) is 57.2 Å². The topological polar surface area (TPSA) is 87.7 Å². The van der Waals surface area contributed by atoms with Crippen LogP contribution in [0.25, 0.3) is 0 Å². The van der Waals surface area contributed by atoms with Gasteiger partial charge in [0.1, 0.15) is 17.7 Å². The van der Waals surface area contributed by atoms with Gasteiger partial charge in [0.25, 0.3) is 5.91 Å². The van der Waals surface area contributed by atoms with Crippen LogP contribution in [0.5, 0.6) is 0 Å². The minimum atomic E-state index is -0.946. The van der Waals surface area contributed by atoms with Gasteiger partial charge in [0.05, 0.1) is 0 Å².